The molecule has 1 aliphatic rings. The average Bonchev–Trinajstić information content (AvgIpc) is 2.66. The quantitative estimate of drug-likeness (QED) is 0.815. The molecule has 0 spiro atoms. The van der Waals surface area contributed by atoms with E-state index in [1.165, 1.54) is 6.07 Å². The molecule has 7 heteroatoms. The lowest BCUT2D eigenvalue weighted by Gasteiger charge is -2.36. The summed E-state index contributed by atoms with van der Waals surface area (Å²) in [6.07, 6.45) is 4.56. The Hall–Kier alpha value is -2.70. The van der Waals surface area contributed by atoms with Gasteiger partial charge in [-0.3, -0.25) is 4.79 Å². The van der Waals surface area contributed by atoms with Crippen molar-refractivity contribution < 1.29 is 9.18 Å². The Morgan fingerprint density at radius 1 is 1.08 bits per heavy atom. The lowest BCUT2D eigenvalue weighted by Crippen LogP contribution is -2.49. The normalized spacial score (nSPS) is 14.4. The fourth-order valence-electron chi connectivity index (χ4n) is 2.89. The van der Waals surface area contributed by atoms with Crippen molar-refractivity contribution >= 4 is 17.5 Å². The molecule has 0 radical (unpaired) electrons. The maximum atomic E-state index is 13.8. The summed E-state index contributed by atoms with van der Waals surface area (Å²) in [5.74, 6) is 0.508. The van der Waals surface area contributed by atoms with E-state index in [1.54, 1.807) is 30.6 Å². The van der Waals surface area contributed by atoms with E-state index >= 15 is 0 Å². The van der Waals surface area contributed by atoms with Gasteiger partial charge in [0, 0.05) is 51.5 Å². The van der Waals surface area contributed by atoms with Gasteiger partial charge in [-0.1, -0.05) is 12.1 Å². The predicted molar refractivity (Wildman–Crippen MR) is 94.9 cm³/mol. The molecular weight excluding hydrogens is 321 g/mol. The van der Waals surface area contributed by atoms with Gasteiger partial charge >= 0.3 is 0 Å². The summed E-state index contributed by atoms with van der Waals surface area (Å²) < 4.78 is 13.8. The number of carbonyl (C=O) groups excluding carboxylic acids is 1. The van der Waals surface area contributed by atoms with Crippen molar-refractivity contribution in [2.24, 2.45) is 0 Å². The maximum Gasteiger partial charge on any atom is 0.222 e. The summed E-state index contributed by atoms with van der Waals surface area (Å²) in [6.45, 7) is 3.22. The minimum atomic E-state index is -0.212. The number of piperazine rings is 1. The zero-order chi connectivity index (χ0) is 17.5. The van der Waals surface area contributed by atoms with E-state index in [9.17, 15) is 9.18 Å². The van der Waals surface area contributed by atoms with Crippen molar-refractivity contribution in [3.63, 3.8) is 0 Å². The number of rotatable bonds is 6. The summed E-state index contributed by atoms with van der Waals surface area (Å²) >= 11 is 0. The third-order valence-corrected chi connectivity index (χ3v) is 4.24. The molecule has 0 saturated carbocycles. The lowest BCUT2D eigenvalue weighted by atomic mass is 10.2. The van der Waals surface area contributed by atoms with E-state index < -0.39 is 0 Å². The Labute approximate surface area is 146 Å². The lowest BCUT2D eigenvalue weighted by molar-refractivity contribution is -0.131. The van der Waals surface area contributed by atoms with Crippen LogP contribution in [0.15, 0.2) is 42.7 Å². The zero-order valence-electron chi connectivity index (χ0n) is 14.1. The number of nitrogens with one attached hydrogen (secondary N) is 1. The molecule has 1 N–H and O–H groups in total. The highest BCUT2D eigenvalue weighted by atomic mass is 19.1. The minimum absolute atomic E-state index is 0.143. The zero-order valence-corrected chi connectivity index (χ0v) is 14.1. The molecule has 1 saturated heterocycles. The standard InChI is InChI=1S/C18H22FN5O/c19-15-5-1-2-6-16(15)23-11-13-24(14-12-23)17(25)7-3-8-20-18-21-9-4-10-22-18/h1-2,4-6,9-10H,3,7-8,11-14H2,(H,20,21,22). The monoisotopic (exact) mass is 343 g/mol. The van der Waals surface area contributed by atoms with Crippen LogP contribution in [0.2, 0.25) is 0 Å². The van der Waals surface area contributed by atoms with Crippen LogP contribution in [0.25, 0.3) is 0 Å². The number of hydrogen-bond acceptors (Lipinski definition) is 5. The number of nitrogens with zero attached hydrogens (tertiary/aromatic N) is 4. The van der Waals surface area contributed by atoms with Crippen LogP contribution in [0.5, 0.6) is 0 Å². The molecule has 3 rings (SSSR count). The van der Waals surface area contributed by atoms with Crippen LogP contribution in [0.3, 0.4) is 0 Å². The van der Waals surface area contributed by atoms with Gasteiger partial charge in [-0.25, -0.2) is 14.4 Å². The summed E-state index contributed by atoms with van der Waals surface area (Å²) in [5.41, 5.74) is 0.613. The van der Waals surface area contributed by atoms with Crippen LogP contribution in [-0.2, 0) is 4.79 Å². The average molecular weight is 343 g/mol. The summed E-state index contributed by atoms with van der Waals surface area (Å²) in [5, 5.41) is 3.09. The van der Waals surface area contributed by atoms with E-state index in [1.807, 2.05) is 15.9 Å². The molecule has 2 heterocycles. The highest BCUT2D eigenvalue weighted by molar-refractivity contribution is 5.76. The van der Waals surface area contributed by atoms with Gasteiger partial charge in [0.25, 0.3) is 0 Å². The topological polar surface area (TPSA) is 61.4 Å². The van der Waals surface area contributed by atoms with Crippen molar-refractivity contribution in [1.82, 2.24) is 14.9 Å². The fraction of sp³-hybridized carbons (Fsp3) is 0.389. The van der Waals surface area contributed by atoms with Crippen molar-refractivity contribution in [3.8, 4) is 0 Å². The smallest absolute Gasteiger partial charge is 0.222 e. The Balaban J connectivity index is 1.39. The van der Waals surface area contributed by atoms with Crippen LogP contribution in [0, 0.1) is 5.82 Å². The first kappa shape index (κ1) is 17.1. The van der Waals surface area contributed by atoms with E-state index in [2.05, 4.69) is 15.3 Å². The molecular formula is C18H22FN5O. The van der Waals surface area contributed by atoms with Crippen LogP contribution in [0.1, 0.15) is 12.8 Å². The Morgan fingerprint density at radius 2 is 1.80 bits per heavy atom. The molecule has 0 bridgehead atoms. The van der Waals surface area contributed by atoms with Crippen LogP contribution in [0.4, 0.5) is 16.0 Å². The summed E-state index contributed by atoms with van der Waals surface area (Å²) in [6, 6.07) is 8.53. The summed E-state index contributed by atoms with van der Waals surface area (Å²) in [7, 11) is 0. The number of hydrogen-bond donors (Lipinski definition) is 1. The van der Waals surface area contributed by atoms with Gasteiger partial charge in [-0.15, -0.1) is 0 Å². The molecule has 0 unspecified atom stereocenters. The SMILES string of the molecule is O=C(CCCNc1ncccn1)N1CCN(c2ccccc2F)CC1. The van der Waals surface area contributed by atoms with Gasteiger partial charge in [0.15, 0.2) is 0 Å². The molecule has 25 heavy (non-hydrogen) atoms. The number of halogens is 1. The van der Waals surface area contributed by atoms with Gasteiger partial charge in [-0.05, 0) is 24.6 Å². The molecule has 0 atom stereocenters. The highest BCUT2D eigenvalue weighted by Gasteiger charge is 2.22. The Kier molecular flexibility index (Phi) is 5.77. The summed E-state index contributed by atoms with van der Waals surface area (Å²) in [4.78, 5) is 24.3. The van der Waals surface area contributed by atoms with Crippen molar-refractivity contribution in [2.45, 2.75) is 12.8 Å². The van der Waals surface area contributed by atoms with E-state index in [-0.39, 0.29) is 11.7 Å². The molecule has 132 valence electrons. The molecule has 1 aromatic carbocycles. The fourth-order valence-corrected chi connectivity index (χ4v) is 2.89. The number of para-hydroxylation sites is 1. The van der Waals surface area contributed by atoms with Crippen LogP contribution >= 0.6 is 0 Å². The van der Waals surface area contributed by atoms with Gasteiger partial charge in [-0.2, -0.15) is 0 Å². The van der Waals surface area contributed by atoms with Gasteiger partial charge in [0.1, 0.15) is 5.82 Å². The number of aromatic nitrogens is 2. The van der Waals surface area contributed by atoms with Crippen LogP contribution < -0.4 is 10.2 Å². The molecule has 6 nitrogen and oxygen atoms in total. The molecule has 1 amide bonds. The number of anilines is 2. The Morgan fingerprint density at radius 3 is 2.52 bits per heavy atom. The predicted octanol–water partition coefficient (Wildman–Crippen LogP) is 2.16. The maximum absolute atomic E-state index is 13.8. The van der Waals surface area contributed by atoms with Gasteiger partial charge < -0.3 is 15.1 Å². The number of amides is 1. The Bertz CT molecular complexity index is 689. The second kappa shape index (κ2) is 8.41. The second-order valence-corrected chi connectivity index (χ2v) is 5.92. The largest absolute Gasteiger partial charge is 0.366 e. The van der Waals surface area contributed by atoms with Gasteiger partial charge in [0.2, 0.25) is 11.9 Å². The first-order valence-corrected chi connectivity index (χ1v) is 8.52. The molecule has 1 aliphatic heterocycles. The van der Waals surface area contributed by atoms with Crippen molar-refractivity contribution in [3.05, 3.63) is 48.5 Å². The number of carbonyl (C=O) groups is 1. The minimum Gasteiger partial charge on any atom is -0.366 e. The second-order valence-electron chi connectivity index (χ2n) is 5.92. The van der Waals surface area contributed by atoms with E-state index in [4.69, 9.17) is 0 Å². The van der Waals surface area contributed by atoms with E-state index in [0.29, 0.717) is 50.8 Å². The molecule has 2 aromatic rings. The third-order valence-electron chi connectivity index (χ3n) is 4.24. The molecule has 1 fully saturated rings. The molecule has 0 aliphatic carbocycles. The highest BCUT2D eigenvalue weighted by Crippen LogP contribution is 2.20. The van der Waals surface area contributed by atoms with Crippen molar-refractivity contribution in [2.75, 3.05) is 42.9 Å². The third kappa shape index (κ3) is 4.65. The van der Waals surface area contributed by atoms with Crippen molar-refractivity contribution in [1.29, 1.82) is 0 Å². The van der Waals surface area contributed by atoms with E-state index in [0.717, 1.165) is 6.42 Å². The first-order valence-electron chi connectivity index (χ1n) is 8.52. The molecule has 1 aromatic heterocycles. The first-order chi connectivity index (χ1) is 12.2. The van der Waals surface area contributed by atoms with Gasteiger partial charge in [0.05, 0.1) is 5.69 Å². The number of benzene rings is 1. The van der Waals surface area contributed by atoms with Crippen LogP contribution in [-0.4, -0.2) is 53.5 Å².